The fourth-order valence-corrected chi connectivity index (χ4v) is 4.70. The van der Waals surface area contributed by atoms with Crippen LogP contribution in [0.25, 0.3) is 33.2 Å². The van der Waals surface area contributed by atoms with Gasteiger partial charge in [-0.15, -0.1) is 0 Å². The molecule has 0 spiro atoms. The first kappa shape index (κ1) is 22.7. The average molecular weight is 507 g/mol. The first-order chi connectivity index (χ1) is 16.3. The van der Waals surface area contributed by atoms with Crippen molar-refractivity contribution in [3.05, 3.63) is 98.6 Å². The van der Waals surface area contributed by atoms with Crippen LogP contribution in [0.4, 0.5) is 0 Å². The van der Waals surface area contributed by atoms with Crippen molar-refractivity contribution in [1.29, 1.82) is 0 Å². The zero-order valence-electron chi connectivity index (χ0n) is 18.4. The number of hydrogen-bond acceptors (Lipinski definition) is 4. The second-order valence-electron chi connectivity index (χ2n) is 8.09. The number of H-pyrrole nitrogens is 1. The molecule has 0 fully saturated rings. The summed E-state index contributed by atoms with van der Waals surface area (Å²) in [5, 5.41) is 20.2. The quantitative estimate of drug-likeness (QED) is 0.256. The molecule has 170 valence electrons. The van der Waals surface area contributed by atoms with Crippen LogP contribution in [0.1, 0.15) is 23.2 Å². The van der Waals surface area contributed by atoms with E-state index < -0.39 is 6.10 Å². The predicted octanol–water partition coefficient (Wildman–Crippen LogP) is 7.06. The number of rotatable bonds is 4. The highest BCUT2D eigenvalue weighted by Crippen LogP contribution is 2.41. The number of hydrogen-bond donors (Lipinski definition) is 2. The lowest BCUT2D eigenvalue weighted by Crippen LogP contribution is -2.07. The highest BCUT2D eigenvalue weighted by molar-refractivity contribution is 7.71. The number of nitrogens with one attached hydrogen (secondary N) is 1. The Bertz CT molecular complexity index is 1590. The molecule has 2 N–H and O–H groups in total. The standard InChI is InChI=1S/C26H20Cl2N4OS/c1-14-22(15-6-9-18(27)10-7-15)23(16-4-3-5-19(28)12-16)20-13-17(8-11-21(20)29-14)24(33)25-30-31-26(34)32(25)2/h3-13,24,33H,1-2H3,(H,31,34). The number of aromatic nitrogens is 4. The van der Waals surface area contributed by atoms with Crippen LogP contribution in [-0.4, -0.2) is 24.9 Å². The molecule has 34 heavy (non-hydrogen) atoms. The zero-order valence-corrected chi connectivity index (χ0v) is 20.7. The molecule has 3 aromatic carbocycles. The second-order valence-corrected chi connectivity index (χ2v) is 9.35. The molecule has 2 aromatic heterocycles. The first-order valence-corrected chi connectivity index (χ1v) is 11.8. The van der Waals surface area contributed by atoms with Gasteiger partial charge < -0.3 is 9.67 Å². The van der Waals surface area contributed by atoms with Gasteiger partial charge in [-0.05, 0) is 72.2 Å². The molecule has 0 amide bonds. The van der Waals surface area contributed by atoms with Crippen molar-refractivity contribution >= 4 is 46.3 Å². The molecule has 0 aliphatic heterocycles. The van der Waals surface area contributed by atoms with Crippen LogP contribution < -0.4 is 0 Å². The van der Waals surface area contributed by atoms with E-state index in [4.69, 9.17) is 40.4 Å². The van der Waals surface area contributed by atoms with E-state index in [1.165, 1.54) is 0 Å². The number of aromatic amines is 1. The lowest BCUT2D eigenvalue weighted by atomic mass is 9.89. The molecule has 0 radical (unpaired) electrons. The molecule has 1 unspecified atom stereocenters. The summed E-state index contributed by atoms with van der Waals surface area (Å²) in [5.41, 5.74) is 6.29. The van der Waals surface area contributed by atoms with E-state index >= 15 is 0 Å². The molecule has 0 aliphatic carbocycles. The van der Waals surface area contributed by atoms with E-state index in [9.17, 15) is 5.11 Å². The Balaban J connectivity index is 1.82. The van der Waals surface area contributed by atoms with Crippen molar-refractivity contribution in [2.45, 2.75) is 13.0 Å². The Kier molecular flexibility index (Phi) is 6.00. The topological polar surface area (TPSA) is 66.7 Å². The summed E-state index contributed by atoms with van der Waals surface area (Å²) < 4.78 is 2.10. The number of aliphatic hydroxyl groups excluding tert-OH is 1. The third-order valence-electron chi connectivity index (χ3n) is 5.91. The molecule has 2 heterocycles. The van der Waals surface area contributed by atoms with Crippen molar-refractivity contribution in [2.75, 3.05) is 0 Å². The van der Waals surface area contributed by atoms with Crippen molar-refractivity contribution < 1.29 is 5.11 Å². The molecule has 0 saturated carbocycles. The minimum Gasteiger partial charge on any atom is -0.380 e. The summed E-state index contributed by atoms with van der Waals surface area (Å²) in [5.74, 6) is 0.437. The SMILES string of the molecule is Cc1nc2ccc(C(O)c3n[nH]c(=S)n3C)cc2c(-c2cccc(Cl)c2)c1-c1ccc(Cl)cc1. The van der Waals surface area contributed by atoms with Crippen molar-refractivity contribution in [3.8, 4) is 22.3 Å². The third kappa shape index (κ3) is 4.03. The van der Waals surface area contributed by atoms with Gasteiger partial charge in [-0.3, -0.25) is 10.1 Å². The highest BCUT2D eigenvalue weighted by Gasteiger charge is 2.21. The Morgan fingerprint density at radius 2 is 1.71 bits per heavy atom. The maximum atomic E-state index is 11.1. The maximum absolute atomic E-state index is 11.1. The maximum Gasteiger partial charge on any atom is 0.194 e. The lowest BCUT2D eigenvalue weighted by Gasteiger charge is -2.18. The molecule has 5 rings (SSSR count). The molecule has 5 aromatic rings. The van der Waals surface area contributed by atoms with E-state index in [1.54, 1.807) is 11.6 Å². The van der Waals surface area contributed by atoms with Crippen LogP contribution in [0.15, 0.2) is 66.7 Å². The Hall–Kier alpha value is -3.03. The van der Waals surface area contributed by atoms with E-state index in [1.807, 2.05) is 73.7 Å². The van der Waals surface area contributed by atoms with Crippen LogP contribution in [-0.2, 0) is 7.05 Å². The van der Waals surface area contributed by atoms with Crippen molar-refractivity contribution in [1.82, 2.24) is 19.7 Å². The van der Waals surface area contributed by atoms with Crippen LogP contribution in [0, 0.1) is 11.7 Å². The predicted molar refractivity (Wildman–Crippen MR) is 140 cm³/mol. The van der Waals surface area contributed by atoms with E-state index in [2.05, 4.69) is 10.2 Å². The first-order valence-electron chi connectivity index (χ1n) is 10.6. The van der Waals surface area contributed by atoms with E-state index in [0.29, 0.717) is 26.2 Å². The van der Waals surface area contributed by atoms with Crippen LogP contribution >= 0.6 is 35.4 Å². The summed E-state index contributed by atoms with van der Waals surface area (Å²) in [7, 11) is 1.77. The Morgan fingerprint density at radius 3 is 2.38 bits per heavy atom. The summed E-state index contributed by atoms with van der Waals surface area (Å²) >= 11 is 17.8. The molecular weight excluding hydrogens is 487 g/mol. The van der Waals surface area contributed by atoms with Crippen molar-refractivity contribution in [2.24, 2.45) is 7.05 Å². The lowest BCUT2D eigenvalue weighted by molar-refractivity contribution is 0.206. The van der Waals surface area contributed by atoms with Gasteiger partial charge in [0.15, 0.2) is 10.6 Å². The van der Waals surface area contributed by atoms with Gasteiger partial charge in [-0.25, -0.2) is 0 Å². The number of pyridine rings is 1. The number of aryl methyl sites for hydroxylation is 1. The van der Waals surface area contributed by atoms with Crippen LogP contribution in [0.3, 0.4) is 0 Å². The van der Waals surface area contributed by atoms with Gasteiger partial charge >= 0.3 is 0 Å². The summed E-state index contributed by atoms with van der Waals surface area (Å²) in [6, 6.07) is 21.2. The summed E-state index contributed by atoms with van der Waals surface area (Å²) in [6.45, 7) is 2.00. The normalized spacial score (nSPS) is 12.3. The third-order valence-corrected chi connectivity index (χ3v) is 6.76. The largest absolute Gasteiger partial charge is 0.380 e. The monoisotopic (exact) mass is 506 g/mol. The number of aliphatic hydroxyl groups is 1. The van der Waals surface area contributed by atoms with Gasteiger partial charge in [0.2, 0.25) is 0 Å². The molecule has 0 aliphatic rings. The fraction of sp³-hybridized carbons (Fsp3) is 0.115. The molecule has 0 bridgehead atoms. The van der Waals surface area contributed by atoms with Crippen LogP contribution in [0.5, 0.6) is 0 Å². The van der Waals surface area contributed by atoms with E-state index in [-0.39, 0.29) is 0 Å². The number of halogens is 2. The average Bonchev–Trinajstić information content (AvgIpc) is 3.16. The Morgan fingerprint density at radius 1 is 0.941 bits per heavy atom. The molecule has 8 heteroatoms. The minimum absolute atomic E-state index is 0.437. The van der Waals surface area contributed by atoms with Crippen molar-refractivity contribution in [3.63, 3.8) is 0 Å². The minimum atomic E-state index is -0.963. The van der Waals surface area contributed by atoms with Gasteiger partial charge in [-0.2, -0.15) is 5.10 Å². The zero-order chi connectivity index (χ0) is 24.0. The highest BCUT2D eigenvalue weighted by atomic mass is 35.5. The van der Waals surface area contributed by atoms with Gasteiger partial charge in [-0.1, -0.05) is 53.5 Å². The van der Waals surface area contributed by atoms with Gasteiger partial charge in [0.05, 0.1) is 5.52 Å². The molecule has 5 nitrogen and oxygen atoms in total. The number of fused-ring (bicyclic) bond motifs is 1. The number of nitrogens with zero attached hydrogens (tertiary/aromatic N) is 3. The fourth-order valence-electron chi connectivity index (χ4n) is 4.24. The summed E-state index contributed by atoms with van der Waals surface area (Å²) in [6.07, 6.45) is -0.963. The summed E-state index contributed by atoms with van der Waals surface area (Å²) in [4.78, 5) is 4.89. The molecule has 0 saturated heterocycles. The van der Waals surface area contributed by atoms with Gasteiger partial charge in [0.25, 0.3) is 0 Å². The van der Waals surface area contributed by atoms with E-state index in [0.717, 1.165) is 38.9 Å². The molecular formula is C26H20Cl2N4OS. The second kappa shape index (κ2) is 8.96. The smallest absolute Gasteiger partial charge is 0.194 e. The Labute approximate surface area is 211 Å². The van der Waals surface area contributed by atoms with Crippen LogP contribution in [0.2, 0.25) is 10.0 Å². The number of benzene rings is 3. The van der Waals surface area contributed by atoms with Gasteiger partial charge in [0, 0.05) is 39.3 Å². The van der Waals surface area contributed by atoms with Gasteiger partial charge in [0.1, 0.15) is 6.10 Å². The molecule has 1 atom stereocenters.